The van der Waals surface area contributed by atoms with E-state index in [2.05, 4.69) is 18.2 Å². The summed E-state index contributed by atoms with van der Waals surface area (Å²) < 4.78 is 5.25. The van der Waals surface area contributed by atoms with Crippen LogP contribution in [0.1, 0.15) is 18.5 Å². The molecule has 1 aromatic rings. The number of methoxy groups -OCH3 is 1. The van der Waals surface area contributed by atoms with Gasteiger partial charge in [0.25, 0.3) is 0 Å². The summed E-state index contributed by atoms with van der Waals surface area (Å²) in [6, 6.07) is 8.14. The topological polar surface area (TPSA) is 21.3 Å². The molecule has 1 rings (SSSR count). The molecule has 1 aromatic carbocycles. The Balaban J connectivity index is 2.78. The Kier molecular flexibility index (Phi) is 4.03. The van der Waals surface area contributed by atoms with Gasteiger partial charge in [-0.3, -0.25) is 5.32 Å². The highest BCUT2D eigenvalue weighted by Crippen LogP contribution is 2.23. The fraction of sp³-hybridized carbons (Fsp3) is 0.333. The molecule has 74 valence electrons. The van der Waals surface area contributed by atoms with Gasteiger partial charge in [-0.05, 0) is 13.0 Å². The van der Waals surface area contributed by atoms with Gasteiger partial charge in [-0.15, -0.1) is 6.42 Å². The van der Waals surface area contributed by atoms with E-state index >= 15 is 0 Å². The van der Waals surface area contributed by atoms with E-state index < -0.39 is 0 Å². The third kappa shape index (κ3) is 2.51. The summed E-state index contributed by atoms with van der Waals surface area (Å²) in [6.45, 7) is 2.63. The van der Waals surface area contributed by atoms with Crippen LogP contribution in [-0.2, 0) is 0 Å². The largest absolute Gasteiger partial charge is 0.496 e. The molecule has 0 spiro atoms. The summed E-state index contributed by atoms with van der Waals surface area (Å²) in [5, 5.41) is 3.21. The second-order valence-corrected chi connectivity index (χ2v) is 3.05. The van der Waals surface area contributed by atoms with Crippen LogP contribution in [0.2, 0.25) is 0 Å². The minimum atomic E-state index is 0.210. The van der Waals surface area contributed by atoms with Gasteiger partial charge in [0.05, 0.1) is 13.7 Å². The van der Waals surface area contributed by atoms with Crippen molar-refractivity contribution in [3.05, 3.63) is 29.8 Å². The van der Waals surface area contributed by atoms with Gasteiger partial charge in [-0.2, -0.15) is 0 Å². The lowest BCUT2D eigenvalue weighted by molar-refractivity contribution is 0.403. The maximum atomic E-state index is 5.25. The Hall–Kier alpha value is -1.46. The van der Waals surface area contributed by atoms with E-state index in [9.17, 15) is 0 Å². The molecule has 0 saturated heterocycles. The van der Waals surface area contributed by atoms with E-state index in [0.29, 0.717) is 6.54 Å². The maximum Gasteiger partial charge on any atom is 0.123 e. The summed E-state index contributed by atoms with van der Waals surface area (Å²) >= 11 is 0. The molecule has 0 aliphatic rings. The molecule has 0 saturated carbocycles. The van der Waals surface area contributed by atoms with Crippen LogP contribution in [0.5, 0.6) is 5.75 Å². The second-order valence-electron chi connectivity index (χ2n) is 3.05. The molecule has 0 amide bonds. The summed E-state index contributed by atoms with van der Waals surface area (Å²) in [5.74, 6) is 3.45. The molecular formula is C12H15NO. The number of para-hydroxylation sites is 1. The monoisotopic (exact) mass is 189 g/mol. The quantitative estimate of drug-likeness (QED) is 0.731. The first kappa shape index (κ1) is 10.6. The first-order chi connectivity index (χ1) is 6.79. The Labute approximate surface area is 85.3 Å². The predicted octanol–water partition coefficient (Wildman–Crippen LogP) is 1.98. The van der Waals surface area contributed by atoms with Crippen LogP contribution in [0, 0.1) is 12.3 Å². The van der Waals surface area contributed by atoms with Gasteiger partial charge < -0.3 is 4.74 Å². The van der Waals surface area contributed by atoms with E-state index in [1.165, 1.54) is 0 Å². The molecule has 0 heterocycles. The number of terminal acetylenes is 1. The first-order valence-electron chi connectivity index (χ1n) is 4.59. The zero-order valence-corrected chi connectivity index (χ0v) is 8.58. The highest BCUT2D eigenvalue weighted by Gasteiger charge is 2.08. The molecule has 1 N–H and O–H groups in total. The van der Waals surface area contributed by atoms with Gasteiger partial charge in [-0.1, -0.05) is 24.1 Å². The summed E-state index contributed by atoms with van der Waals surface area (Å²) in [6.07, 6.45) is 5.18. The molecule has 14 heavy (non-hydrogen) atoms. The molecule has 2 nitrogen and oxygen atoms in total. The van der Waals surface area contributed by atoms with Gasteiger partial charge in [0.15, 0.2) is 0 Å². The van der Waals surface area contributed by atoms with Crippen molar-refractivity contribution in [3.8, 4) is 18.1 Å². The van der Waals surface area contributed by atoms with Crippen molar-refractivity contribution in [1.82, 2.24) is 5.32 Å². The number of benzene rings is 1. The molecule has 0 unspecified atom stereocenters. The smallest absolute Gasteiger partial charge is 0.123 e. The van der Waals surface area contributed by atoms with Gasteiger partial charge in [0.1, 0.15) is 5.75 Å². The predicted molar refractivity (Wildman–Crippen MR) is 58.2 cm³/mol. The third-order valence-corrected chi connectivity index (χ3v) is 2.12. The minimum Gasteiger partial charge on any atom is -0.496 e. The number of nitrogens with one attached hydrogen (secondary N) is 1. The fourth-order valence-corrected chi connectivity index (χ4v) is 1.35. The SMILES string of the molecule is C#CCN[C@@H](C)c1ccccc1OC. The van der Waals surface area contributed by atoms with Crippen LogP contribution in [0.25, 0.3) is 0 Å². The summed E-state index contributed by atoms with van der Waals surface area (Å²) in [4.78, 5) is 0. The highest BCUT2D eigenvalue weighted by molar-refractivity contribution is 5.35. The van der Waals surface area contributed by atoms with Gasteiger partial charge >= 0.3 is 0 Å². The molecule has 0 radical (unpaired) electrons. The van der Waals surface area contributed by atoms with Crippen molar-refractivity contribution < 1.29 is 4.74 Å². The molecule has 0 aromatic heterocycles. The van der Waals surface area contributed by atoms with E-state index in [4.69, 9.17) is 11.2 Å². The van der Waals surface area contributed by atoms with E-state index in [-0.39, 0.29) is 6.04 Å². The zero-order chi connectivity index (χ0) is 10.4. The fourth-order valence-electron chi connectivity index (χ4n) is 1.35. The van der Waals surface area contributed by atoms with Crippen molar-refractivity contribution >= 4 is 0 Å². The molecule has 1 atom stereocenters. The Morgan fingerprint density at radius 2 is 2.21 bits per heavy atom. The maximum absolute atomic E-state index is 5.25. The van der Waals surface area contributed by atoms with E-state index in [1.807, 2.05) is 24.3 Å². The van der Waals surface area contributed by atoms with Crippen molar-refractivity contribution in [2.24, 2.45) is 0 Å². The average molecular weight is 189 g/mol. The molecular weight excluding hydrogens is 174 g/mol. The zero-order valence-electron chi connectivity index (χ0n) is 8.58. The average Bonchev–Trinajstić information content (AvgIpc) is 2.25. The van der Waals surface area contributed by atoms with Gasteiger partial charge in [-0.25, -0.2) is 0 Å². The van der Waals surface area contributed by atoms with Gasteiger partial charge in [0.2, 0.25) is 0 Å². The van der Waals surface area contributed by atoms with Crippen molar-refractivity contribution in [3.63, 3.8) is 0 Å². The third-order valence-electron chi connectivity index (χ3n) is 2.12. The lowest BCUT2D eigenvalue weighted by Gasteiger charge is -2.15. The van der Waals surface area contributed by atoms with Crippen LogP contribution in [0.4, 0.5) is 0 Å². The van der Waals surface area contributed by atoms with Crippen molar-refractivity contribution in [1.29, 1.82) is 0 Å². The van der Waals surface area contributed by atoms with Crippen LogP contribution in [-0.4, -0.2) is 13.7 Å². The number of hydrogen-bond acceptors (Lipinski definition) is 2. The lowest BCUT2D eigenvalue weighted by Crippen LogP contribution is -2.19. The van der Waals surface area contributed by atoms with Crippen LogP contribution in [0.3, 0.4) is 0 Å². The first-order valence-corrected chi connectivity index (χ1v) is 4.59. The van der Waals surface area contributed by atoms with Crippen molar-refractivity contribution in [2.45, 2.75) is 13.0 Å². The Morgan fingerprint density at radius 1 is 1.50 bits per heavy atom. The molecule has 2 heteroatoms. The molecule has 0 aliphatic carbocycles. The summed E-state index contributed by atoms with van der Waals surface area (Å²) in [5.41, 5.74) is 1.13. The minimum absolute atomic E-state index is 0.210. The van der Waals surface area contributed by atoms with Crippen molar-refractivity contribution in [2.75, 3.05) is 13.7 Å². The van der Waals surface area contributed by atoms with Crippen LogP contribution < -0.4 is 10.1 Å². The van der Waals surface area contributed by atoms with Crippen LogP contribution in [0.15, 0.2) is 24.3 Å². The number of hydrogen-bond donors (Lipinski definition) is 1. The number of ether oxygens (including phenoxy) is 1. The lowest BCUT2D eigenvalue weighted by atomic mass is 10.1. The highest BCUT2D eigenvalue weighted by atomic mass is 16.5. The standard InChI is InChI=1S/C12H15NO/c1-4-9-13-10(2)11-7-5-6-8-12(11)14-3/h1,5-8,10,13H,9H2,2-3H3/t10-/m0/s1. The van der Waals surface area contributed by atoms with E-state index in [0.717, 1.165) is 11.3 Å². The Morgan fingerprint density at radius 3 is 2.86 bits per heavy atom. The van der Waals surface area contributed by atoms with E-state index in [1.54, 1.807) is 7.11 Å². The second kappa shape index (κ2) is 5.31. The molecule has 0 bridgehead atoms. The number of rotatable bonds is 4. The van der Waals surface area contributed by atoms with Gasteiger partial charge in [0, 0.05) is 11.6 Å². The summed E-state index contributed by atoms with van der Waals surface area (Å²) in [7, 11) is 1.67. The molecule has 0 aliphatic heterocycles. The molecule has 0 fully saturated rings. The Bertz CT molecular complexity index is 327. The normalized spacial score (nSPS) is 11.8. The van der Waals surface area contributed by atoms with Crippen LogP contribution >= 0.6 is 0 Å².